The van der Waals surface area contributed by atoms with Crippen LogP contribution in [0, 0.1) is 0 Å². The number of likely N-dealkylation sites (N-methyl/N-ethyl adjacent to an activating group) is 1. The van der Waals surface area contributed by atoms with Crippen LogP contribution in [-0.4, -0.2) is 31.6 Å². The van der Waals surface area contributed by atoms with Crippen molar-refractivity contribution < 1.29 is 5.11 Å². The molecule has 0 aromatic carbocycles. The summed E-state index contributed by atoms with van der Waals surface area (Å²) in [7, 11) is 3.79. The lowest BCUT2D eigenvalue weighted by molar-refractivity contribution is -0.414. The highest BCUT2D eigenvalue weighted by molar-refractivity contribution is 4.46. The fraction of sp³-hybridized carbons (Fsp3) is 1.00. The van der Waals surface area contributed by atoms with Crippen LogP contribution in [0.2, 0.25) is 0 Å². The quantitative estimate of drug-likeness (QED) is 0.460. The minimum absolute atomic E-state index is 0.449. The zero-order chi connectivity index (χ0) is 5.86. The van der Waals surface area contributed by atoms with Gasteiger partial charge in [-0.15, -0.1) is 6.10 Å². The molecule has 0 aliphatic heterocycles. The number of hydrogen-bond acceptors (Lipinski definition) is 2. The minimum Gasteiger partial charge on any atom is -0.851 e. The van der Waals surface area contributed by atoms with Gasteiger partial charge in [-0.05, 0) is 20.6 Å². The van der Waals surface area contributed by atoms with E-state index in [1.807, 2.05) is 19.0 Å². The minimum atomic E-state index is -0.449. The first-order valence-electron chi connectivity index (χ1n) is 2.43. The van der Waals surface area contributed by atoms with Gasteiger partial charge in [0.15, 0.2) is 0 Å². The monoisotopic (exact) mass is 102 g/mol. The molecule has 0 bridgehead atoms. The molecule has 0 aliphatic rings. The first-order valence-corrected chi connectivity index (χ1v) is 2.43. The molecular weight excluding hydrogens is 90.1 g/mol. The van der Waals surface area contributed by atoms with Crippen LogP contribution in [0.15, 0.2) is 0 Å². The summed E-state index contributed by atoms with van der Waals surface area (Å²) in [6, 6.07) is 0. The highest BCUT2D eigenvalue weighted by atomic mass is 16.3. The molecule has 0 aliphatic carbocycles. The van der Waals surface area contributed by atoms with Crippen LogP contribution >= 0.6 is 0 Å². The summed E-state index contributed by atoms with van der Waals surface area (Å²) in [5.41, 5.74) is 0. The van der Waals surface area contributed by atoms with Gasteiger partial charge in [0.2, 0.25) is 0 Å². The van der Waals surface area contributed by atoms with Gasteiger partial charge in [-0.2, -0.15) is 0 Å². The van der Waals surface area contributed by atoms with E-state index in [0.29, 0.717) is 6.54 Å². The predicted molar refractivity (Wildman–Crippen MR) is 28.0 cm³/mol. The van der Waals surface area contributed by atoms with E-state index in [1.54, 1.807) is 6.92 Å². The van der Waals surface area contributed by atoms with E-state index in [2.05, 4.69) is 0 Å². The van der Waals surface area contributed by atoms with Crippen LogP contribution < -0.4 is 5.11 Å². The Kier molecular flexibility index (Phi) is 2.96. The van der Waals surface area contributed by atoms with Crippen LogP contribution in [0.3, 0.4) is 0 Å². The Hall–Kier alpha value is -0.0800. The van der Waals surface area contributed by atoms with Crippen molar-refractivity contribution in [1.29, 1.82) is 0 Å². The topological polar surface area (TPSA) is 26.3 Å². The molecule has 0 amide bonds. The maximum absolute atomic E-state index is 10.3. The molecule has 0 fully saturated rings. The Labute approximate surface area is 44.8 Å². The average molecular weight is 102 g/mol. The summed E-state index contributed by atoms with van der Waals surface area (Å²) in [6.07, 6.45) is -0.449. The first-order chi connectivity index (χ1) is 3.13. The van der Waals surface area contributed by atoms with Gasteiger partial charge in [0.25, 0.3) is 0 Å². The Morgan fingerprint density at radius 1 is 1.57 bits per heavy atom. The van der Waals surface area contributed by atoms with Gasteiger partial charge < -0.3 is 10.0 Å². The van der Waals surface area contributed by atoms with Crippen molar-refractivity contribution in [2.45, 2.75) is 13.0 Å². The SMILES string of the molecule is CC([O-])CN(C)C. The third-order valence-corrected chi connectivity index (χ3v) is 0.622. The Morgan fingerprint density at radius 2 is 2.00 bits per heavy atom. The molecule has 0 heterocycles. The summed E-state index contributed by atoms with van der Waals surface area (Å²) in [6.45, 7) is 2.31. The average Bonchev–Trinajstić information content (AvgIpc) is 1.27. The molecule has 1 atom stereocenters. The fourth-order valence-electron chi connectivity index (χ4n) is 0.514. The number of rotatable bonds is 2. The third kappa shape index (κ3) is 5.92. The van der Waals surface area contributed by atoms with Crippen molar-refractivity contribution in [1.82, 2.24) is 4.90 Å². The standard InChI is InChI=1S/C5H12NO/c1-5(7)4-6(2)3/h5H,4H2,1-3H3/q-1. The fourth-order valence-corrected chi connectivity index (χ4v) is 0.514. The number of hydrogen-bond donors (Lipinski definition) is 0. The summed E-state index contributed by atoms with van der Waals surface area (Å²) < 4.78 is 0. The molecule has 7 heavy (non-hydrogen) atoms. The van der Waals surface area contributed by atoms with Gasteiger partial charge in [-0.1, -0.05) is 6.92 Å². The molecule has 0 rings (SSSR count). The van der Waals surface area contributed by atoms with Crippen molar-refractivity contribution in [3.63, 3.8) is 0 Å². The van der Waals surface area contributed by atoms with Crippen LogP contribution in [-0.2, 0) is 0 Å². The van der Waals surface area contributed by atoms with Gasteiger partial charge in [-0.3, -0.25) is 0 Å². The molecule has 0 saturated heterocycles. The Balaban J connectivity index is 2.95. The molecule has 44 valence electrons. The Morgan fingerprint density at radius 3 is 2.00 bits per heavy atom. The largest absolute Gasteiger partial charge is 0.851 e. The van der Waals surface area contributed by atoms with Gasteiger partial charge in [0.1, 0.15) is 0 Å². The molecule has 0 aromatic rings. The Bertz CT molecular complexity index is 37.3. The molecule has 0 radical (unpaired) electrons. The summed E-state index contributed by atoms with van der Waals surface area (Å²) in [4.78, 5) is 1.89. The van der Waals surface area contributed by atoms with Gasteiger partial charge in [0, 0.05) is 0 Å². The van der Waals surface area contributed by atoms with Crippen molar-refractivity contribution in [3.8, 4) is 0 Å². The molecule has 0 N–H and O–H groups in total. The maximum atomic E-state index is 10.3. The van der Waals surface area contributed by atoms with Crippen LogP contribution in [0.4, 0.5) is 0 Å². The zero-order valence-corrected chi connectivity index (χ0v) is 5.14. The zero-order valence-electron chi connectivity index (χ0n) is 5.14. The normalized spacial score (nSPS) is 15.0. The van der Waals surface area contributed by atoms with Gasteiger partial charge in [0.05, 0.1) is 0 Å². The van der Waals surface area contributed by atoms with E-state index in [-0.39, 0.29) is 0 Å². The van der Waals surface area contributed by atoms with E-state index in [0.717, 1.165) is 0 Å². The summed E-state index contributed by atoms with van der Waals surface area (Å²) in [5.74, 6) is 0. The van der Waals surface area contributed by atoms with Gasteiger partial charge in [-0.25, -0.2) is 0 Å². The second-order valence-corrected chi connectivity index (χ2v) is 2.07. The highest BCUT2D eigenvalue weighted by Crippen LogP contribution is 1.76. The molecule has 2 heteroatoms. The van der Waals surface area contributed by atoms with Gasteiger partial charge >= 0.3 is 0 Å². The third-order valence-electron chi connectivity index (χ3n) is 0.622. The second-order valence-electron chi connectivity index (χ2n) is 2.07. The lowest BCUT2D eigenvalue weighted by Crippen LogP contribution is -2.33. The molecule has 1 unspecified atom stereocenters. The molecule has 0 saturated carbocycles. The lowest BCUT2D eigenvalue weighted by Gasteiger charge is -2.20. The second kappa shape index (κ2) is 2.99. The number of nitrogens with zero attached hydrogens (tertiary/aromatic N) is 1. The van der Waals surface area contributed by atoms with Crippen molar-refractivity contribution in [2.24, 2.45) is 0 Å². The molecule has 0 aromatic heterocycles. The maximum Gasteiger partial charge on any atom is -0.0137 e. The first kappa shape index (κ1) is 6.92. The molecule has 0 spiro atoms. The van der Waals surface area contributed by atoms with Crippen molar-refractivity contribution in [3.05, 3.63) is 0 Å². The van der Waals surface area contributed by atoms with E-state index in [1.165, 1.54) is 0 Å². The van der Waals surface area contributed by atoms with E-state index < -0.39 is 6.10 Å². The summed E-state index contributed by atoms with van der Waals surface area (Å²) in [5, 5.41) is 10.3. The lowest BCUT2D eigenvalue weighted by atomic mass is 10.4. The van der Waals surface area contributed by atoms with E-state index in [9.17, 15) is 5.11 Å². The van der Waals surface area contributed by atoms with Crippen LogP contribution in [0.1, 0.15) is 6.92 Å². The predicted octanol–water partition coefficient (Wildman–Crippen LogP) is -0.703. The van der Waals surface area contributed by atoms with E-state index in [4.69, 9.17) is 0 Å². The molecule has 2 nitrogen and oxygen atoms in total. The smallest absolute Gasteiger partial charge is 0.0137 e. The highest BCUT2D eigenvalue weighted by Gasteiger charge is 1.85. The van der Waals surface area contributed by atoms with Crippen LogP contribution in [0.25, 0.3) is 0 Å². The van der Waals surface area contributed by atoms with Crippen molar-refractivity contribution >= 4 is 0 Å². The van der Waals surface area contributed by atoms with Crippen molar-refractivity contribution in [2.75, 3.05) is 20.6 Å². The van der Waals surface area contributed by atoms with E-state index >= 15 is 0 Å². The van der Waals surface area contributed by atoms with Crippen LogP contribution in [0.5, 0.6) is 0 Å². The molecular formula is C5H12NO-. The summed E-state index contributed by atoms with van der Waals surface area (Å²) >= 11 is 0.